The van der Waals surface area contributed by atoms with Gasteiger partial charge in [-0.15, -0.1) is 0 Å². The lowest BCUT2D eigenvalue weighted by Gasteiger charge is -2.54. The number of allylic oxidation sites excluding steroid dienone is 2. The van der Waals surface area contributed by atoms with Crippen LogP contribution in [0.15, 0.2) is 11.6 Å². The maximum atomic E-state index is 11.8. The molecule has 0 amide bonds. The molecule has 5 aliphatic carbocycles. The van der Waals surface area contributed by atoms with E-state index in [1.807, 2.05) is 0 Å². The molecule has 4 saturated carbocycles. The smallest absolute Gasteiger partial charge is 0.136 e. The van der Waals surface area contributed by atoms with E-state index in [2.05, 4.69) is 13.0 Å². The molecule has 0 aromatic heterocycles. The van der Waals surface area contributed by atoms with Crippen molar-refractivity contribution in [1.82, 2.24) is 0 Å². The van der Waals surface area contributed by atoms with Gasteiger partial charge in [-0.2, -0.15) is 0 Å². The molecule has 21 heavy (non-hydrogen) atoms. The lowest BCUT2D eigenvalue weighted by atomic mass is 9.50. The number of aliphatic hydroxyl groups excluding tert-OH is 1. The Morgan fingerprint density at radius 3 is 3.05 bits per heavy atom. The SMILES string of the molecule is C[C@]12CC[C@H]3[C@@H](CC=C4CC(=O)CC[C@@H]43)[C@@]13C[C@H]3C[C@H]2O. The number of fused-ring (bicyclic) bond motifs is 3. The minimum Gasteiger partial charge on any atom is -0.393 e. The van der Waals surface area contributed by atoms with E-state index in [9.17, 15) is 9.90 Å². The van der Waals surface area contributed by atoms with E-state index in [1.165, 1.54) is 31.3 Å². The Morgan fingerprint density at radius 2 is 2.19 bits per heavy atom. The predicted octanol–water partition coefficient (Wildman–Crippen LogP) is 3.49. The molecule has 0 heterocycles. The van der Waals surface area contributed by atoms with Crippen LogP contribution in [0.5, 0.6) is 0 Å². The summed E-state index contributed by atoms with van der Waals surface area (Å²) in [7, 11) is 0. The van der Waals surface area contributed by atoms with E-state index < -0.39 is 0 Å². The van der Waals surface area contributed by atoms with Gasteiger partial charge in [0, 0.05) is 12.8 Å². The van der Waals surface area contributed by atoms with Gasteiger partial charge in [-0.1, -0.05) is 18.6 Å². The van der Waals surface area contributed by atoms with Gasteiger partial charge >= 0.3 is 0 Å². The van der Waals surface area contributed by atoms with E-state index in [0.29, 0.717) is 17.1 Å². The van der Waals surface area contributed by atoms with Crippen molar-refractivity contribution in [3.63, 3.8) is 0 Å². The third kappa shape index (κ3) is 1.37. The number of hydrogen-bond acceptors (Lipinski definition) is 2. The maximum Gasteiger partial charge on any atom is 0.136 e. The van der Waals surface area contributed by atoms with Gasteiger partial charge in [-0.25, -0.2) is 0 Å². The molecule has 1 N–H and O–H groups in total. The molecule has 0 aliphatic heterocycles. The summed E-state index contributed by atoms with van der Waals surface area (Å²) in [5.41, 5.74) is 2.12. The highest BCUT2D eigenvalue weighted by molar-refractivity contribution is 5.82. The summed E-state index contributed by atoms with van der Waals surface area (Å²) < 4.78 is 0. The fourth-order valence-corrected chi connectivity index (χ4v) is 7.32. The van der Waals surface area contributed by atoms with Crippen LogP contribution in [0.25, 0.3) is 0 Å². The van der Waals surface area contributed by atoms with Crippen molar-refractivity contribution in [3.05, 3.63) is 11.6 Å². The maximum absolute atomic E-state index is 11.8. The van der Waals surface area contributed by atoms with Crippen molar-refractivity contribution >= 4 is 5.78 Å². The van der Waals surface area contributed by atoms with Crippen molar-refractivity contribution < 1.29 is 9.90 Å². The summed E-state index contributed by atoms with van der Waals surface area (Å²) in [6, 6.07) is 0. The van der Waals surface area contributed by atoms with Crippen LogP contribution in [0.1, 0.15) is 58.3 Å². The van der Waals surface area contributed by atoms with Crippen LogP contribution in [0.2, 0.25) is 0 Å². The zero-order valence-electron chi connectivity index (χ0n) is 13.0. The highest BCUT2D eigenvalue weighted by atomic mass is 16.3. The number of carbonyl (C=O) groups excluding carboxylic acids is 1. The molecule has 0 aromatic rings. The Balaban J connectivity index is 1.53. The fourth-order valence-electron chi connectivity index (χ4n) is 7.32. The van der Waals surface area contributed by atoms with E-state index in [1.54, 1.807) is 0 Å². The highest BCUT2D eigenvalue weighted by Crippen LogP contribution is 2.81. The van der Waals surface area contributed by atoms with Crippen LogP contribution >= 0.6 is 0 Å². The zero-order chi connectivity index (χ0) is 14.4. The molecule has 0 saturated heterocycles. The second kappa shape index (κ2) is 3.82. The molecule has 0 unspecified atom stereocenters. The second-order valence-corrected chi connectivity index (χ2v) is 8.79. The molecule has 0 aromatic carbocycles. The summed E-state index contributed by atoms with van der Waals surface area (Å²) in [6.45, 7) is 2.38. The Bertz CT molecular complexity index is 550. The number of Topliss-reactive ketones (excluding diaryl/α,β-unsaturated/α-hetero) is 1. The quantitative estimate of drug-likeness (QED) is 0.692. The molecule has 0 radical (unpaired) electrons. The first-order valence-corrected chi connectivity index (χ1v) is 8.95. The number of carbonyl (C=O) groups is 1. The molecule has 2 nitrogen and oxygen atoms in total. The Labute approximate surface area is 127 Å². The molecule has 0 bridgehead atoms. The monoisotopic (exact) mass is 286 g/mol. The molecular weight excluding hydrogens is 260 g/mol. The molecule has 7 atom stereocenters. The lowest BCUT2D eigenvalue weighted by molar-refractivity contribution is -0.121. The van der Waals surface area contributed by atoms with E-state index in [0.717, 1.165) is 43.4 Å². The molecule has 2 heteroatoms. The first-order chi connectivity index (χ1) is 10.1. The number of aliphatic hydroxyl groups is 1. The second-order valence-electron chi connectivity index (χ2n) is 8.79. The summed E-state index contributed by atoms with van der Waals surface area (Å²) in [5.74, 6) is 3.54. The van der Waals surface area contributed by atoms with Crippen molar-refractivity contribution in [2.45, 2.75) is 64.4 Å². The molecule has 4 fully saturated rings. The summed E-state index contributed by atoms with van der Waals surface area (Å²) in [6.07, 6.45) is 11.1. The van der Waals surface area contributed by atoms with Gasteiger partial charge in [-0.3, -0.25) is 4.79 Å². The Kier molecular flexibility index (Phi) is 2.34. The zero-order valence-corrected chi connectivity index (χ0v) is 13.0. The molecule has 1 spiro atoms. The van der Waals surface area contributed by atoms with Crippen molar-refractivity contribution in [2.24, 2.45) is 34.5 Å². The first-order valence-electron chi connectivity index (χ1n) is 8.95. The van der Waals surface area contributed by atoms with Gasteiger partial charge in [-0.05, 0) is 73.0 Å². The number of ketones is 1. The van der Waals surface area contributed by atoms with Crippen LogP contribution in [0.3, 0.4) is 0 Å². The van der Waals surface area contributed by atoms with Crippen LogP contribution < -0.4 is 0 Å². The van der Waals surface area contributed by atoms with Crippen molar-refractivity contribution in [3.8, 4) is 0 Å². The van der Waals surface area contributed by atoms with Gasteiger partial charge in [0.2, 0.25) is 0 Å². The number of hydrogen-bond donors (Lipinski definition) is 1. The third-order valence-corrected chi connectivity index (χ3v) is 8.40. The van der Waals surface area contributed by atoms with Gasteiger partial charge in [0.15, 0.2) is 0 Å². The van der Waals surface area contributed by atoms with Crippen LogP contribution in [0.4, 0.5) is 0 Å². The minimum absolute atomic E-state index is 0.0597. The van der Waals surface area contributed by atoms with Gasteiger partial charge in [0.05, 0.1) is 6.10 Å². The average molecular weight is 286 g/mol. The van der Waals surface area contributed by atoms with Gasteiger partial charge < -0.3 is 5.11 Å². The van der Waals surface area contributed by atoms with Gasteiger partial charge in [0.25, 0.3) is 0 Å². The summed E-state index contributed by atoms with van der Waals surface area (Å²) in [5, 5.41) is 10.6. The van der Waals surface area contributed by atoms with E-state index in [-0.39, 0.29) is 11.5 Å². The fraction of sp³-hybridized carbons (Fsp3) is 0.842. The molecule has 5 aliphatic rings. The first kappa shape index (κ1) is 12.9. The minimum atomic E-state index is -0.0597. The summed E-state index contributed by atoms with van der Waals surface area (Å²) in [4.78, 5) is 11.8. The molecular formula is C19H26O2. The van der Waals surface area contributed by atoms with Crippen molar-refractivity contribution in [1.29, 1.82) is 0 Å². The molecule has 5 rings (SSSR count). The van der Waals surface area contributed by atoms with Gasteiger partial charge in [0.1, 0.15) is 5.78 Å². The number of rotatable bonds is 0. The van der Waals surface area contributed by atoms with Crippen LogP contribution in [0, 0.1) is 34.5 Å². The van der Waals surface area contributed by atoms with Crippen LogP contribution in [-0.2, 0) is 4.79 Å². The Morgan fingerprint density at radius 1 is 1.33 bits per heavy atom. The third-order valence-electron chi connectivity index (χ3n) is 8.40. The highest BCUT2D eigenvalue weighted by Gasteiger charge is 2.76. The Hall–Kier alpha value is -0.630. The van der Waals surface area contributed by atoms with E-state index in [4.69, 9.17) is 0 Å². The predicted molar refractivity (Wildman–Crippen MR) is 80.5 cm³/mol. The largest absolute Gasteiger partial charge is 0.393 e. The van der Waals surface area contributed by atoms with Crippen LogP contribution in [-0.4, -0.2) is 17.0 Å². The van der Waals surface area contributed by atoms with E-state index >= 15 is 0 Å². The summed E-state index contributed by atoms with van der Waals surface area (Å²) >= 11 is 0. The topological polar surface area (TPSA) is 37.3 Å². The lowest BCUT2D eigenvalue weighted by Crippen LogP contribution is -2.50. The average Bonchev–Trinajstić information content (AvgIpc) is 3.12. The molecule has 114 valence electrons. The normalized spacial score (nSPS) is 57.7. The standard InChI is InChI=1S/C19H26O2/c1-18-7-6-15-14-4-3-13(20)8-11(14)2-5-16(15)19(18)10-12(19)9-17(18)21/h2,12,14-17,21H,3-10H2,1H3/t12-,14+,15-,16-,17-,18-,19+/m1/s1. The van der Waals surface area contributed by atoms with Crippen molar-refractivity contribution in [2.75, 3.05) is 0 Å².